The third-order valence-electron chi connectivity index (χ3n) is 9.56. The minimum atomic E-state index is 0.168. The zero-order chi connectivity index (χ0) is 21.4. The number of aromatic nitrogens is 1. The van der Waals surface area contributed by atoms with Crippen molar-refractivity contribution in [1.82, 2.24) is 9.88 Å². The van der Waals surface area contributed by atoms with E-state index in [1.165, 1.54) is 42.5 Å². The molecule has 0 bridgehead atoms. The summed E-state index contributed by atoms with van der Waals surface area (Å²) in [4.78, 5) is 19.4. The van der Waals surface area contributed by atoms with Crippen molar-refractivity contribution in [3.63, 3.8) is 0 Å². The highest BCUT2D eigenvalue weighted by molar-refractivity contribution is 5.81. The first-order valence-corrected chi connectivity index (χ1v) is 12.2. The maximum absolute atomic E-state index is 12.8. The van der Waals surface area contributed by atoms with Gasteiger partial charge in [-0.15, -0.1) is 0 Å². The number of hydrogen-bond acceptors (Lipinski definition) is 3. The molecule has 4 aliphatic carbocycles. The van der Waals surface area contributed by atoms with E-state index in [2.05, 4.69) is 41.9 Å². The second kappa shape index (κ2) is 6.70. The number of allylic oxidation sites excluding steroid dienone is 4. The zero-order valence-electron chi connectivity index (χ0n) is 19.1. The van der Waals surface area contributed by atoms with E-state index in [1.807, 2.05) is 6.20 Å². The lowest BCUT2D eigenvalue weighted by atomic mass is 9.49. The fraction of sp³-hybridized carbons (Fsp3) is 0.630. The lowest BCUT2D eigenvalue weighted by molar-refractivity contribution is -0.137. The van der Waals surface area contributed by atoms with Crippen molar-refractivity contribution in [2.24, 2.45) is 28.6 Å². The van der Waals surface area contributed by atoms with Gasteiger partial charge in [-0.1, -0.05) is 26.0 Å². The Bertz CT molecular complexity index is 993. The van der Waals surface area contributed by atoms with Crippen LogP contribution in [0.1, 0.15) is 70.8 Å². The molecule has 0 unspecified atom stereocenters. The molecule has 0 spiro atoms. The van der Waals surface area contributed by atoms with Crippen LogP contribution >= 0.6 is 0 Å². The highest BCUT2D eigenvalue weighted by Gasteiger charge is 2.59. The topological polar surface area (TPSA) is 42.4 Å². The average Bonchev–Trinajstić information content (AvgIpc) is 3.54. The highest BCUT2D eigenvalue weighted by atomic mass is 16.5. The van der Waals surface area contributed by atoms with E-state index in [-0.39, 0.29) is 10.8 Å². The van der Waals surface area contributed by atoms with Gasteiger partial charge in [-0.2, -0.15) is 0 Å². The number of carbonyl (C=O) groups is 1. The van der Waals surface area contributed by atoms with Crippen LogP contribution in [-0.4, -0.2) is 28.9 Å². The fourth-order valence-corrected chi connectivity index (χ4v) is 7.81. The van der Waals surface area contributed by atoms with E-state index in [0.29, 0.717) is 29.7 Å². The molecule has 3 fully saturated rings. The molecule has 1 aromatic rings. The van der Waals surface area contributed by atoms with Crippen molar-refractivity contribution < 1.29 is 9.53 Å². The van der Waals surface area contributed by atoms with Gasteiger partial charge < -0.3 is 9.64 Å². The fourth-order valence-electron chi connectivity index (χ4n) is 7.81. The van der Waals surface area contributed by atoms with Gasteiger partial charge in [0, 0.05) is 29.8 Å². The van der Waals surface area contributed by atoms with Crippen LogP contribution in [0.3, 0.4) is 0 Å². The Morgan fingerprint density at radius 3 is 2.65 bits per heavy atom. The molecule has 2 heterocycles. The summed E-state index contributed by atoms with van der Waals surface area (Å²) in [6, 6.07) is 2.64. The van der Waals surface area contributed by atoms with Crippen LogP contribution in [0, 0.1) is 28.6 Å². The van der Waals surface area contributed by atoms with Gasteiger partial charge in [0.25, 0.3) is 0 Å². The lowest BCUT2D eigenvalue weighted by Gasteiger charge is -2.58. The minimum Gasteiger partial charge on any atom is -0.495 e. The van der Waals surface area contributed by atoms with Crippen molar-refractivity contribution in [3.05, 3.63) is 41.9 Å². The van der Waals surface area contributed by atoms with Crippen LogP contribution in [0.5, 0.6) is 5.75 Å². The molecule has 1 aromatic heterocycles. The quantitative estimate of drug-likeness (QED) is 0.641. The van der Waals surface area contributed by atoms with E-state index < -0.39 is 0 Å². The molecule has 2 saturated carbocycles. The molecule has 1 aliphatic heterocycles. The second-order valence-corrected chi connectivity index (χ2v) is 11.0. The third kappa shape index (κ3) is 2.72. The van der Waals surface area contributed by atoms with Gasteiger partial charge in [-0.3, -0.25) is 9.78 Å². The number of likely N-dealkylation sites (tertiary alicyclic amines) is 1. The van der Waals surface area contributed by atoms with Crippen LogP contribution in [0.15, 0.2) is 36.3 Å². The number of carbonyl (C=O) groups excluding carboxylic acids is 1. The van der Waals surface area contributed by atoms with Gasteiger partial charge in [-0.25, -0.2) is 0 Å². The minimum absolute atomic E-state index is 0.168. The predicted octanol–water partition coefficient (Wildman–Crippen LogP) is 5.60. The first kappa shape index (κ1) is 19.6. The summed E-state index contributed by atoms with van der Waals surface area (Å²) in [5.74, 6) is 3.28. The van der Waals surface area contributed by atoms with Gasteiger partial charge in [0.1, 0.15) is 5.75 Å². The number of ether oxygens (including phenoxy) is 1. The molecule has 5 atom stereocenters. The first-order valence-electron chi connectivity index (χ1n) is 12.2. The van der Waals surface area contributed by atoms with E-state index >= 15 is 0 Å². The molecule has 164 valence electrons. The van der Waals surface area contributed by atoms with Crippen molar-refractivity contribution in [2.75, 3.05) is 7.11 Å². The van der Waals surface area contributed by atoms with Gasteiger partial charge in [-0.05, 0) is 85.3 Å². The highest BCUT2D eigenvalue weighted by Crippen LogP contribution is 2.66. The Morgan fingerprint density at radius 1 is 1.03 bits per heavy atom. The standard InChI is InChI=1S/C27H34N2O2/c1-26-12-10-23-20(22(26)8-7-21(26)17-14-19(31-3)16-28-15-17)6-9-24-27(23,2)13-11-25(30)29(24)18-4-5-18/h7,9,14-16,18,20,22-23H,4-6,8,10-13H2,1-3H3/t20-,22-,23-,26+,27+/m0/s1. The van der Waals surface area contributed by atoms with Crippen LogP contribution < -0.4 is 4.74 Å². The van der Waals surface area contributed by atoms with E-state index in [4.69, 9.17) is 4.74 Å². The second-order valence-electron chi connectivity index (χ2n) is 11.0. The number of piperidine rings is 1. The Kier molecular flexibility index (Phi) is 4.23. The molecular weight excluding hydrogens is 384 g/mol. The monoisotopic (exact) mass is 418 g/mol. The Hall–Kier alpha value is -2.10. The molecule has 4 heteroatoms. The summed E-state index contributed by atoms with van der Waals surface area (Å²) >= 11 is 0. The number of rotatable bonds is 3. The Morgan fingerprint density at radius 2 is 1.87 bits per heavy atom. The summed E-state index contributed by atoms with van der Waals surface area (Å²) < 4.78 is 5.46. The lowest BCUT2D eigenvalue weighted by Crippen LogP contribution is -2.54. The number of nitrogens with zero attached hydrogens (tertiary/aromatic N) is 2. The van der Waals surface area contributed by atoms with Gasteiger partial charge in [0.2, 0.25) is 5.91 Å². The van der Waals surface area contributed by atoms with Crippen LogP contribution in [0.4, 0.5) is 0 Å². The van der Waals surface area contributed by atoms with Crippen LogP contribution in [-0.2, 0) is 4.79 Å². The zero-order valence-corrected chi connectivity index (χ0v) is 19.1. The summed E-state index contributed by atoms with van der Waals surface area (Å²) in [5.41, 5.74) is 4.46. The molecule has 6 rings (SSSR count). The smallest absolute Gasteiger partial charge is 0.227 e. The molecule has 0 radical (unpaired) electrons. The summed E-state index contributed by atoms with van der Waals surface area (Å²) in [6.07, 6.45) is 17.7. The number of pyridine rings is 1. The average molecular weight is 419 g/mol. The SMILES string of the molecule is COc1cncc(C2=CC[C@H]3[C@@H]4CC=C5N(C6CC6)C(=O)CC[C@]5(C)[C@H]4CC[C@]23C)c1. The Labute approximate surface area is 185 Å². The molecular formula is C27H34N2O2. The molecule has 1 saturated heterocycles. The van der Waals surface area contributed by atoms with E-state index in [0.717, 1.165) is 31.4 Å². The van der Waals surface area contributed by atoms with Gasteiger partial charge in [0.15, 0.2) is 0 Å². The molecule has 4 nitrogen and oxygen atoms in total. The largest absolute Gasteiger partial charge is 0.495 e. The van der Waals surface area contributed by atoms with E-state index in [1.54, 1.807) is 13.3 Å². The Balaban J connectivity index is 1.33. The normalized spacial score (nSPS) is 39.3. The van der Waals surface area contributed by atoms with Crippen molar-refractivity contribution >= 4 is 11.5 Å². The summed E-state index contributed by atoms with van der Waals surface area (Å²) in [7, 11) is 1.71. The maximum atomic E-state index is 12.8. The summed E-state index contributed by atoms with van der Waals surface area (Å²) in [5, 5.41) is 0. The van der Waals surface area contributed by atoms with E-state index in [9.17, 15) is 4.79 Å². The predicted molar refractivity (Wildman–Crippen MR) is 121 cm³/mol. The molecule has 1 amide bonds. The summed E-state index contributed by atoms with van der Waals surface area (Å²) in [6.45, 7) is 4.98. The third-order valence-corrected chi connectivity index (χ3v) is 9.56. The van der Waals surface area contributed by atoms with Crippen LogP contribution in [0.2, 0.25) is 0 Å². The molecule has 0 aromatic carbocycles. The number of methoxy groups -OCH3 is 1. The van der Waals surface area contributed by atoms with Crippen molar-refractivity contribution in [3.8, 4) is 5.75 Å². The molecule has 0 N–H and O–H groups in total. The number of amides is 1. The van der Waals surface area contributed by atoms with Gasteiger partial charge >= 0.3 is 0 Å². The maximum Gasteiger partial charge on any atom is 0.227 e. The van der Waals surface area contributed by atoms with Crippen LogP contribution in [0.25, 0.3) is 5.57 Å². The molecule has 5 aliphatic rings. The van der Waals surface area contributed by atoms with Gasteiger partial charge in [0.05, 0.1) is 13.3 Å². The van der Waals surface area contributed by atoms with Crippen molar-refractivity contribution in [1.29, 1.82) is 0 Å². The number of fused-ring (bicyclic) bond motifs is 5. The van der Waals surface area contributed by atoms with Crippen molar-refractivity contribution in [2.45, 2.75) is 71.3 Å². The number of hydrogen-bond donors (Lipinski definition) is 0. The molecule has 31 heavy (non-hydrogen) atoms. The first-order chi connectivity index (χ1) is 15.0.